The summed E-state index contributed by atoms with van der Waals surface area (Å²) >= 11 is 0. The van der Waals surface area contributed by atoms with Crippen LogP contribution >= 0.6 is 0 Å². The fraction of sp³-hybridized carbons (Fsp3) is 0.148. The number of methoxy groups -OCH3 is 1. The largest absolute Gasteiger partial charge is 0.496 e. The molecular weight excluding hydrogens is 444 g/mol. The van der Waals surface area contributed by atoms with E-state index in [1.807, 2.05) is 72.8 Å². The Bertz CT molecular complexity index is 1430. The molecule has 0 fully saturated rings. The SMILES string of the molecule is COc1ccccc1CC(=O)N(Cc1ccccc1)c1c(N)n(Cc2ccccc2)c(=O)[nH]c1=O. The van der Waals surface area contributed by atoms with E-state index < -0.39 is 11.2 Å². The van der Waals surface area contributed by atoms with Crippen molar-refractivity contribution in [1.82, 2.24) is 9.55 Å². The van der Waals surface area contributed by atoms with Crippen molar-refractivity contribution in [2.75, 3.05) is 17.7 Å². The topological polar surface area (TPSA) is 110 Å². The molecule has 8 heteroatoms. The Kier molecular flexibility index (Phi) is 7.11. The van der Waals surface area contributed by atoms with Gasteiger partial charge in [0.2, 0.25) is 5.91 Å². The molecule has 35 heavy (non-hydrogen) atoms. The molecule has 0 unspecified atom stereocenters. The summed E-state index contributed by atoms with van der Waals surface area (Å²) in [5.74, 6) is 0.129. The second-order valence-electron chi connectivity index (χ2n) is 8.02. The number of nitrogens with zero attached hydrogens (tertiary/aromatic N) is 2. The lowest BCUT2D eigenvalue weighted by Gasteiger charge is -2.25. The van der Waals surface area contributed by atoms with E-state index in [9.17, 15) is 14.4 Å². The molecule has 1 amide bonds. The van der Waals surface area contributed by atoms with Crippen LogP contribution in [0.15, 0.2) is 94.5 Å². The Balaban J connectivity index is 1.79. The van der Waals surface area contributed by atoms with Gasteiger partial charge in [0.25, 0.3) is 5.56 Å². The minimum absolute atomic E-state index is 0.0203. The van der Waals surface area contributed by atoms with Gasteiger partial charge < -0.3 is 10.5 Å². The van der Waals surface area contributed by atoms with Gasteiger partial charge in [0.15, 0.2) is 5.69 Å². The van der Waals surface area contributed by atoms with Gasteiger partial charge in [0.1, 0.15) is 11.6 Å². The number of carbonyl (C=O) groups excluding carboxylic acids is 1. The lowest BCUT2D eigenvalue weighted by atomic mass is 10.1. The van der Waals surface area contributed by atoms with Crippen LogP contribution in [0.2, 0.25) is 0 Å². The van der Waals surface area contributed by atoms with Crippen LogP contribution in [0, 0.1) is 0 Å². The standard InChI is InChI=1S/C27H26N4O4/c1-35-22-15-9-8-14-21(22)16-23(32)30(17-19-10-4-2-5-11-19)24-25(28)31(27(34)29-26(24)33)18-20-12-6-3-7-13-20/h2-15H,16-18,28H2,1H3,(H,29,33,34). The summed E-state index contributed by atoms with van der Waals surface area (Å²) in [4.78, 5) is 42.9. The molecule has 1 aromatic heterocycles. The van der Waals surface area contributed by atoms with Crippen LogP contribution in [0.5, 0.6) is 5.75 Å². The lowest BCUT2D eigenvalue weighted by molar-refractivity contribution is -0.118. The molecule has 0 atom stereocenters. The van der Waals surface area contributed by atoms with E-state index in [1.54, 1.807) is 12.1 Å². The van der Waals surface area contributed by atoms with Crippen LogP contribution in [0.25, 0.3) is 0 Å². The van der Waals surface area contributed by atoms with Gasteiger partial charge in [-0.3, -0.25) is 24.0 Å². The fourth-order valence-corrected chi connectivity index (χ4v) is 3.93. The second-order valence-corrected chi connectivity index (χ2v) is 8.02. The molecule has 3 N–H and O–H groups in total. The minimum Gasteiger partial charge on any atom is -0.496 e. The van der Waals surface area contributed by atoms with Crippen molar-refractivity contribution in [3.63, 3.8) is 0 Å². The van der Waals surface area contributed by atoms with E-state index in [1.165, 1.54) is 16.6 Å². The number of nitrogen functional groups attached to an aromatic ring is 1. The van der Waals surface area contributed by atoms with Gasteiger partial charge in [-0.05, 0) is 17.2 Å². The van der Waals surface area contributed by atoms with Crippen LogP contribution in [0.1, 0.15) is 16.7 Å². The molecule has 8 nitrogen and oxygen atoms in total. The van der Waals surface area contributed by atoms with Gasteiger partial charge >= 0.3 is 5.69 Å². The molecule has 0 spiro atoms. The smallest absolute Gasteiger partial charge is 0.330 e. The predicted octanol–water partition coefficient (Wildman–Crippen LogP) is 2.95. The fourth-order valence-electron chi connectivity index (χ4n) is 3.93. The third-order valence-electron chi connectivity index (χ3n) is 5.69. The number of benzene rings is 3. The maximum absolute atomic E-state index is 13.6. The molecule has 0 saturated carbocycles. The first-order valence-corrected chi connectivity index (χ1v) is 11.1. The highest BCUT2D eigenvalue weighted by atomic mass is 16.5. The van der Waals surface area contributed by atoms with Gasteiger partial charge in [0.05, 0.1) is 26.6 Å². The number of rotatable bonds is 8. The summed E-state index contributed by atoms with van der Waals surface area (Å²) in [7, 11) is 1.53. The van der Waals surface area contributed by atoms with Crippen LogP contribution in [-0.4, -0.2) is 22.6 Å². The molecule has 3 aromatic carbocycles. The molecule has 0 radical (unpaired) electrons. The number of aromatic nitrogens is 2. The summed E-state index contributed by atoms with van der Waals surface area (Å²) in [6.07, 6.45) is -0.0203. The van der Waals surface area contributed by atoms with Crippen molar-refractivity contribution < 1.29 is 9.53 Å². The monoisotopic (exact) mass is 470 g/mol. The summed E-state index contributed by atoms with van der Waals surface area (Å²) < 4.78 is 6.65. The molecule has 178 valence electrons. The van der Waals surface area contributed by atoms with E-state index in [0.29, 0.717) is 11.3 Å². The highest BCUT2D eigenvalue weighted by Crippen LogP contribution is 2.24. The summed E-state index contributed by atoms with van der Waals surface area (Å²) in [5.41, 5.74) is 7.28. The number of ether oxygens (including phenoxy) is 1. The molecule has 0 bridgehead atoms. The molecule has 4 rings (SSSR count). The van der Waals surface area contributed by atoms with Gasteiger partial charge in [0, 0.05) is 5.56 Å². The Hall–Kier alpha value is -4.59. The third-order valence-corrected chi connectivity index (χ3v) is 5.69. The average molecular weight is 471 g/mol. The first-order chi connectivity index (χ1) is 17.0. The van der Waals surface area contributed by atoms with Crippen molar-refractivity contribution in [3.05, 3.63) is 122 Å². The Morgan fingerprint density at radius 2 is 1.51 bits per heavy atom. The number of carbonyl (C=O) groups is 1. The Morgan fingerprint density at radius 1 is 0.914 bits per heavy atom. The second kappa shape index (κ2) is 10.6. The van der Waals surface area contributed by atoms with Crippen LogP contribution in [0.4, 0.5) is 11.5 Å². The van der Waals surface area contributed by atoms with Crippen molar-refractivity contribution in [2.24, 2.45) is 0 Å². The highest BCUT2D eigenvalue weighted by molar-refractivity contribution is 5.97. The highest BCUT2D eigenvalue weighted by Gasteiger charge is 2.25. The first-order valence-electron chi connectivity index (χ1n) is 11.1. The lowest BCUT2D eigenvalue weighted by Crippen LogP contribution is -2.41. The zero-order valence-electron chi connectivity index (χ0n) is 19.3. The Labute approximate surface area is 202 Å². The zero-order chi connectivity index (χ0) is 24.8. The number of aromatic amines is 1. The number of nitrogens with two attached hydrogens (primary N) is 1. The van der Waals surface area contributed by atoms with E-state index in [0.717, 1.165) is 11.1 Å². The van der Waals surface area contributed by atoms with Crippen molar-refractivity contribution >= 4 is 17.4 Å². The zero-order valence-corrected chi connectivity index (χ0v) is 19.3. The van der Waals surface area contributed by atoms with Crippen LogP contribution in [0.3, 0.4) is 0 Å². The van der Waals surface area contributed by atoms with Crippen molar-refractivity contribution in [2.45, 2.75) is 19.5 Å². The van der Waals surface area contributed by atoms with Crippen molar-refractivity contribution in [1.29, 1.82) is 0 Å². The number of anilines is 2. The van der Waals surface area contributed by atoms with Gasteiger partial charge in [-0.15, -0.1) is 0 Å². The molecule has 4 aromatic rings. The molecule has 0 saturated heterocycles. The van der Waals surface area contributed by atoms with Gasteiger partial charge in [-0.25, -0.2) is 4.79 Å². The summed E-state index contributed by atoms with van der Waals surface area (Å²) in [6, 6.07) is 25.7. The van der Waals surface area contributed by atoms with E-state index >= 15 is 0 Å². The maximum atomic E-state index is 13.6. The van der Waals surface area contributed by atoms with E-state index in [-0.39, 0.29) is 36.9 Å². The normalized spacial score (nSPS) is 10.7. The molecule has 1 heterocycles. The number of H-pyrrole nitrogens is 1. The number of amides is 1. The molecule has 0 aliphatic carbocycles. The summed E-state index contributed by atoms with van der Waals surface area (Å²) in [6.45, 7) is 0.251. The average Bonchev–Trinajstić information content (AvgIpc) is 2.87. The van der Waals surface area contributed by atoms with Crippen LogP contribution in [-0.2, 0) is 24.3 Å². The quantitative estimate of drug-likeness (QED) is 0.411. The first kappa shape index (κ1) is 23.6. The van der Waals surface area contributed by atoms with E-state index in [2.05, 4.69) is 4.98 Å². The van der Waals surface area contributed by atoms with E-state index in [4.69, 9.17) is 10.5 Å². The van der Waals surface area contributed by atoms with Crippen molar-refractivity contribution in [3.8, 4) is 5.75 Å². The molecular formula is C27H26N4O4. The molecule has 0 aliphatic rings. The van der Waals surface area contributed by atoms with Gasteiger partial charge in [-0.2, -0.15) is 0 Å². The summed E-state index contributed by atoms with van der Waals surface area (Å²) in [5, 5.41) is 0. The third kappa shape index (κ3) is 5.33. The Morgan fingerprint density at radius 3 is 2.17 bits per heavy atom. The number of hydrogen-bond acceptors (Lipinski definition) is 5. The van der Waals surface area contributed by atoms with Crippen LogP contribution < -0.4 is 26.6 Å². The molecule has 0 aliphatic heterocycles. The number of para-hydroxylation sites is 1. The predicted molar refractivity (Wildman–Crippen MR) is 136 cm³/mol. The van der Waals surface area contributed by atoms with Gasteiger partial charge in [-0.1, -0.05) is 78.9 Å². The maximum Gasteiger partial charge on any atom is 0.330 e. The number of nitrogens with one attached hydrogen (secondary N) is 1. The number of hydrogen-bond donors (Lipinski definition) is 2. The minimum atomic E-state index is -0.721.